The van der Waals surface area contributed by atoms with Crippen LogP contribution in [0.5, 0.6) is 0 Å². The average Bonchev–Trinajstić information content (AvgIpc) is 3.12. The summed E-state index contributed by atoms with van der Waals surface area (Å²) in [4.78, 5) is 21.1. The molecule has 7 nitrogen and oxygen atoms in total. The van der Waals surface area contributed by atoms with Gasteiger partial charge in [0.05, 0.1) is 30.0 Å². The van der Waals surface area contributed by atoms with Gasteiger partial charge in [-0.05, 0) is 18.2 Å². The highest BCUT2D eigenvalue weighted by Crippen LogP contribution is 2.20. The van der Waals surface area contributed by atoms with Gasteiger partial charge in [-0.15, -0.1) is 0 Å². The van der Waals surface area contributed by atoms with Gasteiger partial charge in [0.25, 0.3) is 5.56 Å². The predicted molar refractivity (Wildman–Crippen MR) is 91.0 cm³/mol. The van der Waals surface area contributed by atoms with Crippen molar-refractivity contribution in [3.63, 3.8) is 0 Å². The normalized spacial score (nSPS) is 16.0. The molecule has 0 unspecified atom stereocenters. The maximum absolute atomic E-state index is 12.1. The van der Waals surface area contributed by atoms with Crippen molar-refractivity contribution in [3.8, 4) is 0 Å². The largest absolute Gasteiger partial charge is 0.369 e. The van der Waals surface area contributed by atoms with Gasteiger partial charge in [0.15, 0.2) is 5.76 Å². The van der Waals surface area contributed by atoms with Crippen LogP contribution in [0.1, 0.15) is 5.76 Å². The average molecular weight is 325 g/mol. The third-order valence-electron chi connectivity index (χ3n) is 4.51. The van der Waals surface area contributed by atoms with E-state index in [1.807, 2.05) is 24.3 Å². The second-order valence-corrected chi connectivity index (χ2v) is 6.10. The molecule has 0 radical (unpaired) electrons. The van der Waals surface area contributed by atoms with Crippen molar-refractivity contribution in [2.45, 2.75) is 6.54 Å². The molecule has 1 fully saturated rings. The van der Waals surface area contributed by atoms with Crippen molar-refractivity contribution in [3.05, 3.63) is 52.9 Å². The Morgan fingerprint density at radius 1 is 1.17 bits per heavy atom. The second kappa shape index (κ2) is 6.09. The van der Waals surface area contributed by atoms with Crippen molar-refractivity contribution >= 4 is 16.6 Å². The zero-order valence-electron chi connectivity index (χ0n) is 13.6. The van der Waals surface area contributed by atoms with Crippen LogP contribution in [0, 0.1) is 0 Å². The van der Waals surface area contributed by atoms with E-state index >= 15 is 0 Å². The van der Waals surface area contributed by atoms with Gasteiger partial charge < -0.3 is 14.0 Å². The molecule has 4 rings (SSSR count). The number of aromatic nitrogens is 3. The zero-order valence-corrected chi connectivity index (χ0v) is 13.6. The predicted octanol–water partition coefficient (Wildman–Crippen LogP) is 1.24. The fourth-order valence-electron chi connectivity index (χ4n) is 3.10. The summed E-state index contributed by atoms with van der Waals surface area (Å²) >= 11 is 0. The van der Waals surface area contributed by atoms with E-state index in [1.165, 1.54) is 4.57 Å². The summed E-state index contributed by atoms with van der Waals surface area (Å²) in [6.07, 6.45) is 3.25. The van der Waals surface area contributed by atoms with E-state index in [9.17, 15) is 4.79 Å². The first-order valence-corrected chi connectivity index (χ1v) is 8.03. The van der Waals surface area contributed by atoms with Crippen LogP contribution in [0.4, 0.5) is 5.69 Å². The van der Waals surface area contributed by atoms with Gasteiger partial charge in [-0.1, -0.05) is 5.16 Å². The van der Waals surface area contributed by atoms with Crippen LogP contribution in [0.3, 0.4) is 0 Å². The molecule has 0 aliphatic carbocycles. The first kappa shape index (κ1) is 14.9. The summed E-state index contributed by atoms with van der Waals surface area (Å²) in [5, 5.41) is 4.41. The maximum atomic E-state index is 12.1. The number of hydrogen-bond donors (Lipinski definition) is 0. The summed E-state index contributed by atoms with van der Waals surface area (Å²) in [7, 11) is 1.72. The third-order valence-corrected chi connectivity index (χ3v) is 4.51. The summed E-state index contributed by atoms with van der Waals surface area (Å²) in [5.41, 5.74) is 1.85. The second-order valence-electron chi connectivity index (χ2n) is 6.10. The lowest BCUT2D eigenvalue weighted by atomic mass is 10.2. The van der Waals surface area contributed by atoms with Crippen LogP contribution in [0.15, 0.2) is 46.1 Å². The summed E-state index contributed by atoms with van der Waals surface area (Å²) in [5.74, 6) is 0.897. The maximum Gasteiger partial charge on any atom is 0.260 e. The first-order chi connectivity index (χ1) is 11.7. The SMILES string of the molecule is Cn1cnc2cc(N3CCN(Cc4ccno4)CC3)ccc2c1=O. The molecule has 7 heteroatoms. The highest BCUT2D eigenvalue weighted by Gasteiger charge is 2.18. The molecular formula is C17H19N5O2. The number of piperazine rings is 1. The van der Waals surface area contributed by atoms with Crippen molar-refractivity contribution in [2.24, 2.45) is 7.05 Å². The Balaban J connectivity index is 1.48. The van der Waals surface area contributed by atoms with Crippen molar-refractivity contribution < 1.29 is 4.52 Å². The molecule has 0 amide bonds. The van der Waals surface area contributed by atoms with E-state index in [0.717, 1.165) is 49.7 Å². The summed E-state index contributed by atoms with van der Waals surface area (Å²) in [6, 6.07) is 7.79. The topological polar surface area (TPSA) is 67.4 Å². The van der Waals surface area contributed by atoms with E-state index in [0.29, 0.717) is 5.39 Å². The van der Waals surface area contributed by atoms with Crippen LogP contribution in [-0.2, 0) is 13.6 Å². The number of hydrogen-bond acceptors (Lipinski definition) is 6. The quantitative estimate of drug-likeness (QED) is 0.722. The number of fused-ring (bicyclic) bond motifs is 1. The molecule has 124 valence electrons. The van der Waals surface area contributed by atoms with Gasteiger partial charge in [-0.2, -0.15) is 0 Å². The van der Waals surface area contributed by atoms with Gasteiger partial charge in [0.1, 0.15) is 0 Å². The zero-order chi connectivity index (χ0) is 16.5. The van der Waals surface area contributed by atoms with Gasteiger partial charge >= 0.3 is 0 Å². The molecule has 24 heavy (non-hydrogen) atoms. The van der Waals surface area contributed by atoms with E-state index in [-0.39, 0.29) is 5.56 Å². The van der Waals surface area contributed by atoms with E-state index in [1.54, 1.807) is 19.6 Å². The minimum absolute atomic E-state index is 0.0107. The van der Waals surface area contributed by atoms with Crippen molar-refractivity contribution in [1.29, 1.82) is 0 Å². The standard InChI is InChI=1S/C17H19N5O2/c1-20-12-18-16-10-13(2-3-15(16)17(20)23)22-8-6-21(7-9-22)11-14-4-5-19-24-14/h2-5,10,12H,6-9,11H2,1H3. The number of benzene rings is 1. The van der Waals surface area contributed by atoms with Gasteiger partial charge in [0, 0.05) is 45.0 Å². The Morgan fingerprint density at radius 3 is 2.75 bits per heavy atom. The van der Waals surface area contributed by atoms with Gasteiger partial charge in [-0.3, -0.25) is 9.69 Å². The Bertz CT molecular complexity index is 895. The Hall–Kier alpha value is -2.67. The Morgan fingerprint density at radius 2 is 2.00 bits per heavy atom. The van der Waals surface area contributed by atoms with Gasteiger partial charge in [0.2, 0.25) is 0 Å². The molecule has 0 saturated carbocycles. The molecule has 1 saturated heterocycles. The van der Waals surface area contributed by atoms with Crippen molar-refractivity contribution in [2.75, 3.05) is 31.1 Å². The fraction of sp³-hybridized carbons (Fsp3) is 0.353. The molecule has 3 aromatic rings. The Labute approximate surface area is 139 Å². The number of nitrogens with zero attached hydrogens (tertiary/aromatic N) is 5. The first-order valence-electron chi connectivity index (χ1n) is 8.03. The molecule has 1 aliphatic rings. The molecule has 1 aromatic carbocycles. The lowest BCUT2D eigenvalue weighted by Crippen LogP contribution is -2.45. The van der Waals surface area contributed by atoms with E-state index in [2.05, 4.69) is 19.9 Å². The lowest BCUT2D eigenvalue weighted by molar-refractivity contribution is 0.220. The smallest absolute Gasteiger partial charge is 0.260 e. The van der Waals surface area contributed by atoms with Crippen LogP contribution in [0.2, 0.25) is 0 Å². The molecule has 2 aromatic heterocycles. The summed E-state index contributed by atoms with van der Waals surface area (Å²) in [6.45, 7) is 4.59. The molecule has 0 bridgehead atoms. The fourth-order valence-corrected chi connectivity index (χ4v) is 3.10. The third kappa shape index (κ3) is 2.78. The van der Waals surface area contributed by atoms with Gasteiger partial charge in [-0.25, -0.2) is 4.98 Å². The van der Waals surface area contributed by atoms with Crippen LogP contribution >= 0.6 is 0 Å². The highest BCUT2D eigenvalue weighted by molar-refractivity contribution is 5.81. The molecule has 3 heterocycles. The number of aryl methyl sites for hydroxylation is 1. The monoisotopic (exact) mass is 325 g/mol. The molecule has 1 aliphatic heterocycles. The van der Waals surface area contributed by atoms with Crippen molar-refractivity contribution in [1.82, 2.24) is 19.6 Å². The minimum atomic E-state index is -0.0107. The minimum Gasteiger partial charge on any atom is -0.369 e. The van der Waals surface area contributed by atoms with E-state index in [4.69, 9.17) is 4.52 Å². The molecule has 0 spiro atoms. The highest BCUT2D eigenvalue weighted by atomic mass is 16.5. The molecular weight excluding hydrogens is 306 g/mol. The van der Waals surface area contributed by atoms with Crippen LogP contribution < -0.4 is 10.5 Å². The number of anilines is 1. The molecule has 0 N–H and O–H groups in total. The Kier molecular flexibility index (Phi) is 3.78. The van der Waals surface area contributed by atoms with E-state index < -0.39 is 0 Å². The van der Waals surface area contributed by atoms with Crippen LogP contribution in [0.25, 0.3) is 10.9 Å². The summed E-state index contributed by atoms with van der Waals surface area (Å²) < 4.78 is 6.68. The molecule has 0 atom stereocenters. The lowest BCUT2D eigenvalue weighted by Gasteiger charge is -2.35. The van der Waals surface area contributed by atoms with Crippen LogP contribution in [-0.4, -0.2) is 45.8 Å². The number of rotatable bonds is 3.